The molecule has 19 heavy (non-hydrogen) atoms. The van der Waals surface area contributed by atoms with Gasteiger partial charge in [0.2, 0.25) is 0 Å². The van der Waals surface area contributed by atoms with Gasteiger partial charge in [0.15, 0.2) is 0 Å². The third-order valence-electron chi connectivity index (χ3n) is 3.97. The Morgan fingerprint density at radius 2 is 1.74 bits per heavy atom. The quantitative estimate of drug-likeness (QED) is 0.647. The van der Waals surface area contributed by atoms with Crippen LogP contribution in [0.3, 0.4) is 0 Å². The van der Waals surface area contributed by atoms with E-state index in [9.17, 15) is 9.59 Å². The van der Waals surface area contributed by atoms with E-state index in [4.69, 9.17) is 0 Å². The van der Waals surface area contributed by atoms with Crippen LogP contribution in [-0.4, -0.2) is 35.8 Å². The number of carbonyl (C=O) groups is 2. The summed E-state index contributed by atoms with van der Waals surface area (Å²) >= 11 is 0. The summed E-state index contributed by atoms with van der Waals surface area (Å²) in [6.07, 6.45) is 4.65. The molecule has 0 atom stereocenters. The third-order valence-corrected chi connectivity index (χ3v) is 3.97. The average molecular weight is 258 g/mol. The fourth-order valence-corrected chi connectivity index (χ4v) is 2.60. The summed E-state index contributed by atoms with van der Waals surface area (Å²) in [7, 11) is 0. The summed E-state index contributed by atoms with van der Waals surface area (Å²) in [5, 5.41) is 3.44. The Hall–Kier alpha value is -1.68. The molecular weight excluding hydrogens is 240 g/mol. The molecule has 1 aliphatic carbocycles. The van der Waals surface area contributed by atoms with Crippen molar-refractivity contribution in [1.29, 1.82) is 0 Å². The molecule has 0 spiro atoms. The van der Waals surface area contributed by atoms with Gasteiger partial charge in [-0.25, -0.2) is 0 Å². The van der Waals surface area contributed by atoms with Crippen molar-refractivity contribution in [2.75, 3.05) is 13.1 Å². The van der Waals surface area contributed by atoms with Gasteiger partial charge in [-0.1, -0.05) is 18.6 Å². The first-order valence-corrected chi connectivity index (χ1v) is 6.96. The van der Waals surface area contributed by atoms with Crippen LogP contribution in [0, 0.1) is 0 Å². The van der Waals surface area contributed by atoms with Gasteiger partial charge in [-0.05, 0) is 37.9 Å². The molecular formula is C15H18N2O2. The second kappa shape index (κ2) is 5.13. The maximum atomic E-state index is 12.1. The third kappa shape index (κ3) is 2.28. The molecule has 100 valence electrons. The van der Waals surface area contributed by atoms with Crippen LogP contribution in [0.2, 0.25) is 0 Å². The van der Waals surface area contributed by atoms with Gasteiger partial charge >= 0.3 is 0 Å². The first-order valence-electron chi connectivity index (χ1n) is 6.96. The van der Waals surface area contributed by atoms with Crippen molar-refractivity contribution < 1.29 is 9.59 Å². The molecule has 2 amide bonds. The van der Waals surface area contributed by atoms with Crippen molar-refractivity contribution >= 4 is 11.8 Å². The van der Waals surface area contributed by atoms with E-state index in [0.717, 1.165) is 13.0 Å². The number of fused-ring (bicyclic) bond motifs is 1. The van der Waals surface area contributed by atoms with Crippen LogP contribution in [0.1, 0.15) is 46.4 Å². The van der Waals surface area contributed by atoms with Crippen molar-refractivity contribution in [2.24, 2.45) is 0 Å². The van der Waals surface area contributed by atoms with Crippen molar-refractivity contribution in [1.82, 2.24) is 10.2 Å². The molecule has 3 rings (SSSR count). The van der Waals surface area contributed by atoms with Gasteiger partial charge < -0.3 is 5.32 Å². The molecule has 1 fully saturated rings. The van der Waals surface area contributed by atoms with Crippen LogP contribution < -0.4 is 5.32 Å². The van der Waals surface area contributed by atoms with Crippen LogP contribution >= 0.6 is 0 Å². The zero-order chi connectivity index (χ0) is 13.2. The summed E-state index contributed by atoms with van der Waals surface area (Å²) in [6.45, 7) is 1.38. The highest BCUT2D eigenvalue weighted by atomic mass is 16.2. The molecule has 0 unspecified atom stereocenters. The molecule has 1 aromatic carbocycles. The summed E-state index contributed by atoms with van der Waals surface area (Å²) in [5.41, 5.74) is 1.08. The minimum atomic E-state index is -0.149. The number of rotatable bonds is 5. The van der Waals surface area contributed by atoms with Gasteiger partial charge in [-0.2, -0.15) is 0 Å². The molecule has 1 N–H and O–H groups in total. The number of nitrogens with zero attached hydrogens (tertiary/aromatic N) is 1. The number of nitrogens with one attached hydrogen (secondary N) is 1. The van der Waals surface area contributed by atoms with Gasteiger partial charge in [0, 0.05) is 12.6 Å². The Labute approximate surface area is 112 Å². The summed E-state index contributed by atoms with van der Waals surface area (Å²) in [5.74, 6) is -0.298. The minimum absolute atomic E-state index is 0.149. The van der Waals surface area contributed by atoms with E-state index in [-0.39, 0.29) is 11.8 Å². The Bertz CT molecular complexity index is 474. The fourth-order valence-electron chi connectivity index (χ4n) is 2.60. The fraction of sp³-hybridized carbons (Fsp3) is 0.467. The van der Waals surface area contributed by atoms with Crippen molar-refractivity contribution in [3.05, 3.63) is 35.4 Å². The SMILES string of the molecule is O=C1c2ccccc2C(=O)N1CCCNC1CCC1. The lowest BCUT2D eigenvalue weighted by Gasteiger charge is -2.26. The molecule has 0 aromatic heterocycles. The summed E-state index contributed by atoms with van der Waals surface area (Å²) < 4.78 is 0. The Balaban J connectivity index is 1.54. The van der Waals surface area contributed by atoms with E-state index >= 15 is 0 Å². The van der Waals surface area contributed by atoms with E-state index in [0.29, 0.717) is 23.7 Å². The van der Waals surface area contributed by atoms with Crippen LogP contribution in [0.5, 0.6) is 0 Å². The molecule has 0 bridgehead atoms. The minimum Gasteiger partial charge on any atom is -0.314 e. The Kier molecular flexibility index (Phi) is 3.34. The zero-order valence-electron chi connectivity index (χ0n) is 10.9. The normalized spacial score (nSPS) is 18.6. The van der Waals surface area contributed by atoms with Gasteiger partial charge in [-0.3, -0.25) is 14.5 Å². The van der Waals surface area contributed by atoms with Gasteiger partial charge in [0.25, 0.3) is 11.8 Å². The topological polar surface area (TPSA) is 49.4 Å². The molecule has 0 radical (unpaired) electrons. The highest BCUT2D eigenvalue weighted by Gasteiger charge is 2.34. The van der Waals surface area contributed by atoms with Crippen LogP contribution in [0.25, 0.3) is 0 Å². The average Bonchev–Trinajstić information content (AvgIpc) is 2.62. The lowest BCUT2D eigenvalue weighted by Crippen LogP contribution is -2.38. The molecule has 4 nitrogen and oxygen atoms in total. The summed E-state index contributed by atoms with van der Waals surface area (Å²) in [6, 6.07) is 7.70. The molecule has 2 aliphatic rings. The largest absolute Gasteiger partial charge is 0.314 e. The standard InChI is InChI=1S/C15H18N2O2/c18-14-12-7-1-2-8-13(12)15(19)17(14)10-4-9-16-11-5-3-6-11/h1-2,7-8,11,16H,3-6,9-10H2. The maximum Gasteiger partial charge on any atom is 0.261 e. The van der Waals surface area contributed by atoms with E-state index in [2.05, 4.69) is 5.32 Å². The van der Waals surface area contributed by atoms with E-state index in [1.165, 1.54) is 24.2 Å². The lowest BCUT2D eigenvalue weighted by molar-refractivity contribution is 0.0652. The number of benzene rings is 1. The molecule has 4 heteroatoms. The molecule has 1 aromatic rings. The molecule has 1 saturated carbocycles. The lowest BCUT2D eigenvalue weighted by atomic mass is 9.93. The van der Waals surface area contributed by atoms with Gasteiger partial charge in [0.1, 0.15) is 0 Å². The molecule has 1 heterocycles. The number of carbonyl (C=O) groups excluding carboxylic acids is 2. The zero-order valence-corrected chi connectivity index (χ0v) is 10.9. The first kappa shape index (κ1) is 12.4. The van der Waals surface area contributed by atoms with E-state index < -0.39 is 0 Å². The second-order valence-corrected chi connectivity index (χ2v) is 5.24. The number of amides is 2. The van der Waals surface area contributed by atoms with E-state index in [1.54, 1.807) is 24.3 Å². The van der Waals surface area contributed by atoms with E-state index in [1.807, 2.05) is 0 Å². The van der Waals surface area contributed by atoms with Crippen molar-refractivity contribution in [2.45, 2.75) is 31.7 Å². The molecule has 1 aliphatic heterocycles. The number of hydrogen-bond acceptors (Lipinski definition) is 3. The number of hydrogen-bond donors (Lipinski definition) is 1. The smallest absolute Gasteiger partial charge is 0.261 e. The Morgan fingerprint density at radius 1 is 1.11 bits per heavy atom. The van der Waals surface area contributed by atoms with Crippen LogP contribution in [0.15, 0.2) is 24.3 Å². The molecule has 0 saturated heterocycles. The predicted octanol–water partition coefficient (Wildman–Crippen LogP) is 1.81. The summed E-state index contributed by atoms with van der Waals surface area (Å²) in [4.78, 5) is 25.5. The van der Waals surface area contributed by atoms with Crippen molar-refractivity contribution in [3.8, 4) is 0 Å². The van der Waals surface area contributed by atoms with Crippen molar-refractivity contribution in [3.63, 3.8) is 0 Å². The monoisotopic (exact) mass is 258 g/mol. The Morgan fingerprint density at radius 3 is 2.26 bits per heavy atom. The predicted molar refractivity (Wildman–Crippen MR) is 72.1 cm³/mol. The first-order chi connectivity index (χ1) is 9.27. The maximum absolute atomic E-state index is 12.1. The second-order valence-electron chi connectivity index (χ2n) is 5.24. The highest BCUT2D eigenvalue weighted by Crippen LogP contribution is 2.22. The number of imide groups is 1. The highest BCUT2D eigenvalue weighted by molar-refractivity contribution is 6.21. The van der Waals surface area contributed by atoms with Gasteiger partial charge in [-0.15, -0.1) is 0 Å². The van der Waals surface area contributed by atoms with Crippen LogP contribution in [0.4, 0.5) is 0 Å². The van der Waals surface area contributed by atoms with Crippen LogP contribution in [-0.2, 0) is 0 Å². The van der Waals surface area contributed by atoms with Gasteiger partial charge in [0.05, 0.1) is 11.1 Å².